The third-order valence-corrected chi connectivity index (χ3v) is 11.2. The molecule has 246 valence electrons. The second kappa shape index (κ2) is 10.8. The van der Waals surface area contributed by atoms with Crippen LogP contribution in [0.25, 0.3) is 55.0 Å². The summed E-state index contributed by atoms with van der Waals surface area (Å²) in [5.74, 6) is 0. The van der Waals surface area contributed by atoms with Gasteiger partial charge in [-0.25, -0.2) is 0 Å². The van der Waals surface area contributed by atoms with Gasteiger partial charge in [-0.3, -0.25) is 0 Å². The molecular formula is C48H29BN2O2. The number of fused-ring (bicyclic) bond motifs is 13. The number of benzene rings is 8. The predicted octanol–water partition coefficient (Wildman–Crippen LogP) is 11.2. The first kappa shape index (κ1) is 28.7. The van der Waals surface area contributed by atoms with Crippen molar-refractivity contribution in [2.75, 3.05) is 9.80 Å². The lowest BCUT2D eigenvalue weighted by Crippen LogP contribution is -2.61. The first-order valence-electron chi connectivity index (χ1n) is 18.1. The predicted molar refractivity (Wildman–Crippen MR) is 220 cm³/mol. The van der Waals surface area contributed by atoms with E-state index < -0.39 is 0 Å². The van der Waals surface area contributed by atoms with Crippen molar-refractivity contribution in [1.29, 1.82) is 0 Å². The van der Waals surface area contributed by atoms with E-state index in [-0.39, 0.29) is 6.71 Å². The Labute approximate surface area is 305 Å². The van der Waals surface area contributed by atoms with Gasteiger partial charge in [0.05, 0.1) is 5.69 Å². The maximum Gasteiger partial charge on any atom is 0.257 e. The maximum absolute atomic E-state index is 7.11. The van der Waals surface area contributed by atoms with Crippen LogP contribution in [0, 0.1) is 0 Å². The Kier molecular flexibility index (Phi) is 5.83. The van der Waals surface area contributed by atoms with Crippen LogP contribution in [-0.4, -0.2) is 6.71 Å². The van der Waals surface area contributed by atoms with Gasteiger partial charge in [0.15, 0.2) is 5.58 Å². The highest BCUT2D eigenvalue weighted by atomic mass is 16.3. The molecule has 4 nitrogen and oxygen atoms in total. The number of hydrogen-bond acceptors (Lipinski definition) is 4. The zero-order chi connectivity index (χ0) is 34.6. The smallest absolute Gasteiger partial charge is 0.257 e. The van der Waals surface area contributed by atoms with Crippen molar-refractivity contribution >= 4 is 101 Å². The number of para-hydroxylation sites is 5. The van der Waals surface area contributed by atoms with E-state index in [0.29, 0.717) is 0 Å². The normalized spacial score (nSPS) is 13.2. The van der Waals surface area contributed by atoms with Crippen molar-refractivity contribution in [3.8, 4) is 11.1 Å². The van der Waals surface area contributed by atoms with Gasteiger partial charge < -0.3 is 18.6 Å². The molecular weight excluding hydrogens is 647 g/mol. The van der Waals surface area contributed by atoms with Gasteiger partial charge in [-0.2, -0.15) is 0 Å². The van der Waals surface area contributed by atoms with Crippen LogP contribution in [0.4, 0.5) is 34.1 Å². The second-order valence-electron chi connectivity index (χ2n) is 14.0. The summed E-state index contributed by atoms with van der Waals surface area (Å²) in [6.07, 6.45) is 0. The van der Waals surface area contributed by atoms with Crippen molar-refractivity contribution in [2.45, 2.75) is 0 Å². The average molecular weight is 677 g/mol. The Hall–Kier alpha value is -6.98. The minimum absolute atomic E-state index is 0.142. The molecule has 0 saturated carbocycles. The summed E-state index contributed by atoms with van der Waals surface area (Å²) < 4.78 is 14.2. The number of furan rings is 2. The van der Waals surface area contributed by atoms with E-state index in [4.69, 9.17) is 8.83 Å². The second-order valence-corrected chi connectivity index (χ2v) is 14.0. The summed E-state index contributed by atoms with van der Waals surface area (Å²) in [4.78, 5) is 4.88. The molecule has 0 N–H and O–H groups in total. The van der Waals surface area contributed by atoms with Crippen LogP contribution in [0.15, 0.2) is 185 Å². The van der Waals surface area contributed by atoms with Gasteiger partial charge >= 0.3 is 0 Å². The maximum atomic E-state index is 7.11. The van der Waals surface area contributed by atoms with Crippen LogP contribution in [0.5, 0.6) is 0 Å². The molecule has 2 aliphatic rings. The molecule has 2 aromatic heterocycles. The molecule has 0 bridgehead atoms. The van der Waals surface area contributed by atoms with E-state index >= 15 is 0 Å². The monoisotopic (exact) mass is 676 g/mol. The molecule has 4 heterocycles. The van der Waals surface area contributed by atoms with Gasteiger partial charge in [-0.15, -0.1) is 0 Å². The lowest BCUT2D eigenvalue weighted by molar-refractivity contribution is 0.665. The quantitative estimate of drug-likeness (QED) is 0.174. The van der Waals surface area contributed by atoms with E-state index in [1.807, 2.05) is 0 Å². The van der Waals surface area contributed by atoms with Crippen molar-refractivity contribution in [2.24, 2.45) is 0 Å². The lowest BCUT2D eigenvalue weighted by atomic mass is 9.33. The highest BCUT2D eigenvalue weighted by Gasteiger charge is 2.47. The summed E-state index contributed by atoms with van der Waals surface area (Å²) in [5.41, 5.74) is 16.0. The minimum Gasteiger partial charge on any atom is -0.456 e. The third-order valence-electron chi connectivity index (χ3n) is 11.2. The molecule has 0 fully saturated rings. The van der Waals surface area contributed by atoms with Gasteiger partial charge in [0.25, 0.3) is 6.71 Å². The summed E-state index contributed by atoms with van der Waals surface area (Å²) in [5, 5.41) is 4.35. The highest BCUT2D eigenvalue weighted by Crippen LogP contribution is 2.51. The third kappa shape index (κ3) is 3.91. The molecule has 2 aliphatic heterocycles. The zero-order valence-electron chi connectivity index (χ0n) is 28.5. The molecule has 0 saturated heterocycles. The Morgan fingerprint density at radius 2 is 0.906 bits per heavy atom. The molecule has 0 spiro atoms. The molecule has 0 atom stereocenters. The summed E-state index contributed by atoms with van der Waals surface area (Å²) in [6.45, 7) is -0.142. The fraction of sp³-hybridized carbons (Fsp3) is 0. The van der Waals surface area contributed by atoms with Crippen LogP contribution in [0.3, 0.4) is 0 Å². The Morgan fingerprint density at radius 1 is 0.396 bits per heavy atom. The lowest BCUT2D eigenvalue weighted by Gasteiger charge is -2.44. The molecule has 0 unspecified atom stereocenters. The van der Waals surface area contributed by atoms with E-state index in [1.54, 1.807) is 0 Å². The van der Waals surface area contributed by atoms with Crippen LogP contribution < -0.4 is 26.2 Å². The topological polar surface area (TPSA) is 32.8 Å². The van der Waals surface area contributed by atoms with Crippen LogP contribution in [-0.2, 0) is 0 Å². The van der Waals surface area contributed by atoms with Crippen molar-refractivity contribution in [1.82, 2.24) is 0 Å². The number of rotatable bonds is 3. The molecule has 12 rings (SSSR count). The van der Waals surface area contributed by atoms with Gasteiger partial charge in [0, 0.05) is 55.4 Å². The van der Waals surface area contributed by atoms with Gasteiger partial charge in [0.1, 0.15) is 16.7 Å². The van der Waals surface area contributed by atoms with E-state index in [9.17, 15) is 0 Å². The first-order valence-corrected chi connectivity index (χ1v) is 18.1. The number of nitrogens with zero attached hydrogens (tertiary/aromatic N) is 2. The van der Waals surface area contributed by atoms with E-state index in [0.717, 1.165) is 94.6 Å². The largest absolute Gasteiger partial charge is 0.456 e. The summed E-state index contributed by atoms with van der Waals surface area (Å²) in [6, 6.07) is 62.7. The van der Waals surface area contributed by atoms with Gasteiger partial charge in [-0.05, 0) is 76.6 Å². The van der Waals surface area contributed by atoms with Crippen LogP contribution in [0.2, 0.25) is 0 Å². The molecule has 53 heavy (non-hydrogen) atoms. The zero-order valence-corrected chi connectivity index (χ0v) is 28.5. The van der Waals surface area contributed by atoms with Crippen molar-refractivity contribution in [3.63, 3.8) is 0 Å². The first-order chi connectivity index (χ1) is 26.3. The molecule has 0 aliphatic carbocycles. The average Bonchev–Trinajstić information content (AvgIpc) is 3.80. The van der Waals surface area contributed by atoms with Crippen LogP contribution >= 0.6 is 0 Å². The standard InChI is InChI=1S/C48H29BN2O2/c1-4-16-30(17-5-1)31-28-38-44-39(29-31)51(33-20-8-3-9-21-33)46-45(49(44)36-24-12-13-25-37(36)50(38)32-18-6-2-7-19-32)47-42(34-22-10-14-26-40(34)52-47)43-35-23-11-15-27-41(35)53-48(43)46/h1-29H. The molecule has 10 aromatic rings. The fourth-order valence-electron chi connectivity index (χ4n) is 9.09. The number of hydrogen-bond donors (Lipinski definition) is 0. The van der Waals surface area contributed by atoms with Gasteiger partial charge in [-0.1, -0.05) is 121 Å². The highest BCUT2D eigenvalue weighted by molar-refractivity contribution is 7.02. The van der Waals surface area contributed by atoms with E-state index in [1.165, 1.54) is 10.9 Å². The van der Waals surface area contributed by atoms with Crippen molar-refractivity contribution < 1.29 is 8.83 Å². The Balaban J connectivity index is 1.33. The molecule has 8 aromatic carbocycles. The summed E-state index contributed by atoms with van der Waals surface area (Å²) >= 11 is 0. The van der Waals surface area contributed by atoms with Crippen LogP contribution in [0.1, 0.15) is 0 Å². The molecule has 0 radical (unpaired) electrons. The number of anilines is 6. The Bertz CT molecular complexity index is 3080. The van der Waals surface area contributed by atoms with Gasteiger partial charge in [0.2, 0.25) is 0 Å². The Morgan fingerprint density at radius 3 is 1.58 bits per heavy atom. The SMILES string of the molecule is c1ccc(-c2cc3c4c(c2)N(c2ccccc2)c2c(c5oc6ccccc6c5c5c2oc2ccccc25)B4c2ccccc2N3c2ccccc2)cc1. The molecule has 5 heteroatoms. The van der Waals surface area contributed by atoms with Crippen molar-refractivity contribution in [3.05, 3.63) is 176 Å². The summed E-state index contributed by atoms with van der Waals surface area (Å²) in [7, 11) is 0. The molecule has 0 amide bonds. The van der Waals surface area contributed by atoms with E-state index in [2.05, 4.69) is 186 Å². The fourth-order valence-corrected chi connectivity index (χ4v) is 9.09. The minimum atomic E-state index is -0.142.